The number of amides is 1. The van der Waals surface area contributed by atoms with Crippen LogP contribution in [0, 0.1) is 0 Å². The van der Waals surface area contributed by atoms with Crippen LogP contribution in [-0.4, -0.2) is 62.3 Å². The molecule has 4 aromatic rings. The maximum Gasteiger partial charge on any atom is 0.435 e. The van der Waals surface area contributed by atoms with Crippen LogP contribution in [0.15, 0.2) is 43.0 Å². The molecule has 45 heavy (non-hydrogen) atoms. The number of rotatable bonds is 12. The van der Waals surface area contributed by atoms with Crippen LogP contribution in [-0.2, 0) is 17.3 Å². The minimum absolute atomic E-state index is 0.0818. The molecule has 3 heterocycles. The molecule has 15 heteroatoms. The van der Waals surface area contributed by atoms with Gasteiger partial charge in [-0.3, -0.25) is 13.9 Å². The van der Waals surface area contributed by atoms with Gasteiger partial charge < -0.3 is 21.1 Å². The number of fused-ring (bicyclic) bond motifs is 1. The van der Waals surface area contributed by atoms with Gasteiger partial charge in [0, 0.05) is 55.8 Å². The van der Waals surface area contributed by atoms with Crippen molar-refractivity contribution in [2.45, 2.75) is 64.6 Å². The molecule has 3 aromatic heterocycles. The van der Waals surface area contributed by atoms with Crippen molar-refractivity contribution in [2.75, 3.05) is 31.6 Å². The second-order valence-corrected chi connectivity index (χ2v) is 10.3. The normalized spacial score (nSPS) is 14.5. The minimum atomic E-state index is -4.81. The number of benzene rings is 1. The van der Waals surface area contributed by atoms with Gasteiger partial charge >= 0.3 is 6.18 Å². The molecule has 4 N–H and O–H groups in total. The van der Waals surface area contributed by atoms with Crippen molar-refractivity contribution in [3.8, 4) is 11.3 Å². The third-order valence-electron chi connectivity index (χ3n) is 7.17. The van der Waals surface area contributed by atoms with Crippen molar-refractivity contribution in [3.05, 3.63) is 59.8 Å². The fraction of sp³-hybridized carbons (Fsp3) is 0.467. The molecule has 0 saturated heterocycles. The van der Waals surface area contributed by atoms with E-state index in [9.17, 15) is 26.7 Å². The molecule has 10 nitrogen and oxygen atoms in total. The summed E-state index contributed by atoms with van der Waals surface area (Å²) in [6.45, 7) is 7.70. The molecule has 0 spiro atoms. The highest BCUT2D eigenvalue weighted by atomic mass is 19.4. The Hall–Kier alpha value is -4.11. The number of halogens is 5. The summed E-state index contributed by atoms with van der Waals surface area (Å²) in [5.41, 5.74) is 6.16. The Morgan fingerprint density at radius 3 is 2.60 bits per heavy atom. The van der Waals surface area contributed by atoms with Crippen LogP contribution in [0.4, 0.5) is 33.5 Å². The van der Waals surface area contributed by atoms with Crippen molar-refractivity contribution in [3.63, 3.8) is 0 Å². The number of nitrogens with zero attached hydrogens (tertiary/aromatic N) is 5. The van der Waals surface area contributed by atoms with Crippen molar-refractivity contribution in [1.82, 2.24) is 29.5 Å². The summed E-state index contributed by atoms with van der Waals surface area (Å²) in [4.78, 5) is 21.4. The van der Waals surface area contributed by atoms with E-state index in [4.69, 9.17) is 10.5 Å². The van der Waals surface area contributed by atoms with Crippen LogP contribution in [0.25, 0.3) is 16.9 Å². The fourth-order valence-corrected chi connectivity index (χ4v) is 4.94. The summed E-state index contributed by atoms with van der Waals surface area (Å²) in [5.74, 6) is -2.89. The molecule has 1 amide bonds. The lowest BCUT2D eigenvalue weighted by Gasteiger charge is -2.34. The van der Waals surface area contributed by atoms with Gasteiger partial charge in [-0.1, -0.05) is 20.8 Å². The molecular formula is C30H37F5N8O2. The first kappa shape index (κ1) is 33.8. The quantitative estimate of drug-likeness (QED) is 0.129. The zero-order valence-electron chi connectivity index (χ0n) is 25.3. The van der Waals surface area contributed by atoms with Gasteiger partial charge in [0.05, 0.1) is 30.1 Å². The topological polar surface area (TPSA) is 124 Å². The van der Waals surface area contributed by atoms with Crippen LogP contribution < -0.4 is 16.4 Å². The number of alkyl halides is 5. The number of imidazole rings is 1. The summed E-state index contributed by atoms with van der Waals surface area (Å²) in [5, 5.41) is 9.61. The summed E-state index contributed by atoms with van der Waals surface area (Å²) in [7, 11) is 0. The number of aryl methyl sites for hydroxylation is 1. The number of hydrogen-bond donors (Lipinski definition) is 3. The lowest BCUT2D eigenvalue weighted by Crippen LogP contribution is -2.37. The second kappa shape index (κ2) is 14.3. The Bertz CT molecular complexity index is 1590. The molecule has 0 atom stereocenters. The van der Waals surface area contributed by atoms with E-state index in [1.165, 1.54) is 23.0 Å². The standard InChI is InChI=1S/C28H31F5N8O2.C2H6/c1-2-17-12-18(4-5-20(17)26(42)36-8-11-43-10-3-6-34)38-24-25-37-15-22(40(25)9-7-35-24)21-16-41(19-13-27(29,30)14-19)39-23(21)28(31,32)33;1-2/h4-5,7,9,12,15-16,19H,2-3,6,8,10-11,13-14,34H2,1H3,(H,35,38)(H,36,42);1-2H3. The van der Waals surface area contributed by atoms with Crippen LogP contribution in [0.3, 0.4) is 0 Å². The zero-order chi connectivity index (χ0) is 32.8. The first-order chi connectivity index (χ1) is 21.5. The van der Waals surface area contributed by atoms with Gasteiger partial charge in [-0.25, -0.2) is 18.7 Å². The van der Waals surface area contributed by atoms with Crippen LogP contribution in [0.2, 0.25) is 0 Å². The predicted octanol–water partition coefficient (Wildman–Crippen LogP) is 6.01. The average molecular weight is 637 g/mol. The first-order valence-electron chi connectivity index (χ1n) is 14.8. The van der Waals surface area contributed by atoms with E-state index in [1.807, 2.05) is 20.8 Å². The van der Waals surface area contributed by atoms with Crippen molar-refractivity contribution < 1.29 is 31.5 Å². The second-order valence-electron chi connectivity index (χ2n) is 10.3. The van der Waals surface area contributed by atoms with Gasteiger partial charge in [0.15, 0.2) is 17.2 Å². The SMILES string of the molecule is CC.CCc1cc(Nc2nccn3c(-c4cn(C5CC(F)(F)C5)nc4C(F)(F)F)cnc23)ccc1C(=O)NCCOCCCN. The van der Waals surface area contributed by atoms with E-state index in [1.54, 1.807) is 18.2 Å². The number of nitrogens with two attached hydrogens (primary N) is 1. The molecular weight excluding hydrogens is 599 g/mol. The fourth-order valence-electron chi connectivity index (χ4n) is 4.94. The molecule has 1 aromatic carbocycles. The van der Waals surface area contributed by atoms with Gasteiger partial charge in [-0.05, 0) is 43.1 Å². The third-order valence-corrected chi connectivity index (χ3v) is 7.17. The largest absolute Gasteiger partial charge is 0.435 e. The molecule has 0 bridgehead atoms. The Morgan fingerprint density at radius 2 is 1.93 bits per heavy atom. The molecule has 1 aliphatic rings. The van der Waals surface area contributed by atoms with Crippen molar-refractivity contribution >= 4 is 23.1 Å². The molecule has 244 valence electrons. The highest BCUT2D eigenvalue weighted by Crippen LogP contribution is 2.47. The molecule has 1 saturated carbocycles. The first-order valence-corrected chi connectivity index (χ1v) is 14.8. The van der Waals surface area contributed by atoms with Gasteiger partial charge in [0.25, 0.3) is 11.8 Å². The van der Waals surface area contributed by atoms with E-state index >= 15 is 0 Å². The number of carbonyl (C=O) groups is 1. The number of hydrogen-bond acceptors (Lipinski definition) is 7. The molecule has 5 rings (SSSR count). The maximum atomic E-state index is 13.9. The van der Waals surface area contributed by atoms with Crippen LogP contribution >= 0.6 is 0 Å². The highest BCUT2D eigenvalue weighted by molar-refractivity contribution is 5.96. The minimum Gasteiger partial charge on any atom is -0.380 e. The van der Waals surface area contributed by atoms with Gasteiger partial charge in [0.2, 0.25) is 0 Å². The Kier molecular flexibility index (Phi) is 10.8. The third kappa shape index (κ3) is 7.76. The molecule has 1 aliphatic carbocycles. The molecule has 1 fully saturated rings. The highest BCUT2D eigenvalue weighted by Gasteiger charge is 2.48. The van der Waals surface area contributed by atoms with Gasteiger partial charge in [-0.2, -0.15) is 18.3 Å². The summed E-state index contributed by atoms with van der Waals surface area (Å²) in [6.07, 6.45) is 0.629. The lowest BCUT2D eigenvalue weighted by atomic mass is 9.88. The summed E-state index contributed by atoms with van der Waals surface area (Å²) < 4.78 is 76.4. The summed E-state index contributed by atoms with van der Waals surface area (Å²) in [6, 6.07) is 4.34. The summed E-state index contributed by atoms with van der Waals surface area (Å²) >= 11 is 0. The number of ether oxygens (including phenoxy) is 1. The van der Waals surface area contributed by atoms with E-state index in [2.05, 4.69) is 25.7 Å². The number of aromatic nitrogens is 5. The van der Waals surface area contributed by atoms with Crippen LogP contribution in [0.1, 0.15) is 67.7 Å². The monoisotopic (exact) mass is 636 g/mol. The molecule has 0 radical (unpaired) electrons. The average Bonchev–Trinajstić information content (AvgIpc) is 3.64. The maximum absolute atomic E-state index is 13.9. The predicted molar refractivity (Wildman–Crippen MR) is 160 cm³/mol. The van der Waals surface area contributed by atoms with Gasteiger partial charge in [0.1, 0.15) is 0 Å². The van der Waals surface area contributed by atoms with Gasteiger partial charge in [-0.15, -0.1) is 0 Å². The van der Waals surface area contributed by atoms with Crippen LogP contribution in [0.5, 0.6) is 0 Å². The Morgan fingerprint density at radius 1 is 1.18 bits per heavy atom. The molecule has 0 unspecified atom stereocenters. The van der Waals surface area contributed by atoms with Crippen molar-refractivity contribution in [2.24, 2.45) is 5.73 Å². The smallest absolute Gasteiger partial charge is 0.380 e. The van der Waals surface area contributed by atoms with E-state index in [0.717, 1.165) is 22.9 Å². The van der Waals surface area contributed by atoms with E-state index in [0.29, 0.717) is 44.0 Å². The van der Waals surface area contributed by atoms with Crippen molar-refractivity contribution in [1.29, 1.82) is 0 Å². The number of anilines is 2. The van der Waals surface area contributed by atoms with E-state index < -0.39 is 36.7 Å². The lowest BCUT2D eigenvalue weighted by molar-refractivity contribution is -0.142. The zero-order valence-corrected chi connectivity index (χ0v) is 25.3. The number of carbonyl (C=O) groups excluding carboxylic acids is 1. The van der Waals surface area contributed by atoms with E-state index in [-0.39, 0.29) is 28.6 Å². The Balaban J connectivity index is 0.00000226. The Labute approximate surface area is 257 Å². The molecule has 0 aliphatic heterocycles. The number of nitrogens with one attached hydrogen (secondary N) is 2.